The molecule has 0 saturated heterocycles. The summed E-state index contributed by atoms with van der Waals surface area (Å²) in [4.78, 5) is 11.7. The summed E-state index contributed by atoms with van der Waals surface area (Å²) in [6.07, 6.45) is 3.79. The summed E-state index contributed by atoms with van der Waals surface area (Å²) in [6.45, 7) is 0. The van der Waals surface area contributed by atoms with Gasteiger partial charge in [0.05, 0.1) is 6.04 Å². The van der Waals surface area contributed by atoms with Crippen LogP contribution in [-0.2, 0) is 0 Å². The Morgan fingerprint density at radius 1 is 1.33 bits per heavy atom. The number of amides is 1. The van der Waals surface area contributed by atoms with Gasteiger partial charge in [-0.25, -0.2) is 0 Å². The molecule has 1 fully saturated rings. The van der Waals surface area contributed by atoms with Gasteiger partial charge in [0, 0.05) is 15.6 Å². The van der Waals surface area contributed by atoms with E-state index in [0.717, 1.165) is 10.0 Å². The zero-order valence-electron chi connectivity index (χ0n) is 8.29. The van der Waals surface area contributed by atoms with Crippen molar-refractivity contribution >= 4 is 21.8 Å². The van der Waals surface area contributed by atoms with Crippen molar-refractivity contribution in [3.05, 3.63) is 33.8 Å². The van der Waals surface area contributed by atoms with Gasteiger partial charge in [-0.3, -0.25) is 4.79 Å². The zero-order valence-corrected chi connectivity index (χ0v) is 9.88. The monoisotopic (exact) mass is 265 g/mol. The molecule has 0 aromatic heterocycles. The maximum Gasteiger partial charge on any atom is 0.252 e. The highest BCUT2D eigenvalue weighted by Crippen LogP contribution is 2.43. The van der Waals surface area contributed by atoms with Gasteiger partial charge in [0.1, 0.15) is 0 Å². The van der Waals surface area contributed by atoms with Crippen LogP contribution in [0, 0.1) is 5.92 Å². The van der Waals surface area contributed by atoms with Gasteiger partial charge in [0.15, 0.2) is 0 Å². The molecule has 1 aromatic carbocycles. The van der Waals surface area contributed by atoms with Gasteiger partial charge in [-0.05, 0) is 30.9 Å². The second-order valence-electron chi connectivity index (χ2n) is 4.34. The molecule has 1 aliphatic heterocycles. The van der Waals surface area contributed by atoms with Crippen LogP contribution in [0.15, 0.2) is 22.7 Å². The number of benzene rings is 1. The largest absolute Gasteiger partial charge is 0.345 e. The second-order valence-corrected chi connectivity index (χ2v) is 5.20. The van der Waals surface area contributed by atoms with Crippen LogP contribution in [0.5, 0.6) is 0 Å². The van der Waals surface area contributed by atoms with E-state index in [4.69, 9.17) is 0 Å². The third kappa shape index (κ3) is 1.33. The number of carbonyl (C=O) groups excluding carboxylic acids is 1. The third-order valence-electron chi connectivity index (χ3n) is 3.52. The number of hydrogen-bond acceptors (Lipinski definition) is 1. The molecule has 1 unspecified atom stereocenters. The Bertz CT molecular complexity index is 426. The van der Waals surface area contributed by atoms with Crippen LogP contribution in [-0.4, -0.2) is 5.91 Å². The molecule has 3 rings (SSSR count). The Hall–Kier alpha value is -0.830. The van der Waals surface area contributed by atoms with Crippen molar-refractivity contribution in [1.82, 2.24) is 5.32 Å². The van der Waals surface area contributed by atoms with Gasteiger partial charge in [0.2, 0.25) is 0 Å². The molecule has 1 saturated carbocycles. The Morgan fingerprint density at radius 2 is 2.13 bits per heavy atom. The van der Waals surface area contributed by atoms with Gasteiger partial charge in [0.25, 0.3) is 5.91 Å². The highest BCUT2D eigenvalue weighted by molar-refractivity contribution is 9.10. The van der Waals surface area contributed by atoms with Crippen molar-refractivity contribution in [1.29, 1.82) is 0 Å². The Morgan fingerprint density at radius 3 is 2.80 bits per heavy atom. The van der Waals surface area contributed by atoms with Crippen LogP contribution >= 0.6 is 15.9 Å². The van der Waals surface area contributed by atoms with Gasteiger partial charge in [-0.15, -0.1) is 0 Å². The Labute approximate surface area is 97.2 Å². The van der Waals surface area contributed by atoms with Crippen LogP contribution in [0.3, 0.4) is 0 Å². The van der Waals surface area contributed by atoms with Crippen LogP contribution in [0.4, 0.5) is 0 Å². The second kappa shape index (κ2) is 3.34. The average molecular weight is 266 g/mol. The van der Waals surface area contributed by atoms with E-state index < -0.39 is 0 Å². The number of nitrogens with one attached hydrogen (secondary N) is 1. The fourth-order valence-corrected chi connectivity index (χ4v) is 3.08. The molecule has 1 atom stereocenters. The first-order valence-corrected chi connectivity index (χ1v) is 6.16. The predicted molar refractivity (Wildman–Crippen MR) is 61.7 cm³/mol. The van der Waals surface area contributed by atoms with Gasteiger partial charge < -0.3 is 5.32 Å². The zero-order chi connectivity index (χ0) is 10.4. The summed E-state index contributed by atoms with van der Waals surface area (Å²) in [5.74, 6) is 0.733. The molecule has 0 spiro atoms. The molecule has 0 radical (unpaired) electrons. The van der Waals surface area contributed by atoms with Crippen molar-refractivity contribution in [2.75, 3.05) is 0 Å². The summed E-state index contributed by atoms with van der Waals surface area (Å²) in [5.41, 5.74) is 2.02. The minimum atomic E-state index is 0.0863. The Balaban J connectivity index is 2.07. The lowest BCUT2D eigenvalue weighted by atomic mass is 9.77. The summed E-state index contributed by atoms with van der Waals surface area (Å²) in [7, 11) is 0. The smallest absolute Gasteiger partial charge is 0.252 e. The number of hydrogen-bond donors (Lipinski definition) is 1. The fraction of sp³-hybridized carbons (Fsp3) is 0.417. The molecule has 2 nitrogen and oxygen atoms in total. The maximum absolute atomic E-state index is 11.7. The lowest BCUT2D eigenvalue weighted by molar-refractivity contribution is 0.0932. The van der Waals surface area contributed by atoms with E-state index in [0.29, 0.717) is 5.92 Å². The first-order valence-electron chi connectivity index (χ1n) is 5.36. The van der Waals surface area contributed by atoms with Crippen LogP contribution in [0.2, 0.25) is 0 Å². The van der Waals surface area contributed by atoms with E-state index in [1.807, 2.05) is 18.2 Å². The molecular weight excluding hydrogens is 254 g/mol. The van der Waals surface area contributed by atoms with E-state index >= 15 is 0 Å². The average Bonchev–Trinajstić information content (AvgIpc) is 2.43. The van der Waals surface area contributed by atoms with Crippen molar-refractivity contribution in [2.24, 2.45) is 5.92 Å². The molecule has 0 bridgehead atoms. The molecule has 2 aliphatic rings. The van der Waals surface area contributed by atoms with Crippen LogP contribution in [0.25, 0.3) is 0 Å². The molecule has 1 amide bonds. The quantitative estimate of drug-likeness (QED) is 0.831. The summed E-state index contributed by atoms with van der Waals surface area (Å²) < 4.78 is 1.07. The number of carbonyl (C=O) groups is 1. The number of halogens is 1. The maximum atomic E-state index is 11.7. The van der Waals surface area contributed by atoms with E-state index in [1.165, 1.54) is 24.8 Å². The molecule has 15 heavy (non-hydrogen) atoms. The fourth-order valence-electron chi connectivity index (χ4n) is 2.47. The molecule has 1 aliphatic carbocycles. The van der Waals surface area contributed by atoms with Gasteiger partial charge in [-0.1, -0.05) is 28.4 Å². The molecule has 3 heteroatoms. The molecule has 1 aromatic rings. The van der Waals surface area contributed by atoms with Crippen molar-refractivity contribution in [3.63, 3.8) is 0 Å². The van der Waals surface area contributed by atoms with Crippen molar-refractivity contribution in [2.45, 2.75) is 25.3 Å². The molecular formula is C12H12BrNO. The summed E-state index contributed by atoms with van der Waals surface area (Å²) >= 11 is 3.54. The van der Waals surface area contributed by atoms with E-state index in [1.54, 1.807) is 0 Å². The van der Waals surface area contributed by atoms with E-state index in [9.17, 15) is 4.79 Å². The summed E-state index contributed by atoms with van der Waals surface area (Å²) in [5, 5.41) is 3.09. The lowest BCUT2D eigenvalue weighted by Gasteiger charge is -2.31. The normalized spacial score (nSPS) is 24.6. The molecule has 78 valence electrons. The lowest BCUT2D eigenvalue weighted by Crippen LogP contribution is -2.29. The highest BCUT2D eigenvalue weighted by Gasteiger charge is 2.37. The van der Waals surface area contributed by atoms with Gasteiger partial charge >= 0.3 is 0 Å². The third-order valence-corrected chi connectivity index (χ3v) is 4.21. The minimum absolute atomic E-state index is 0.0863. The van der Waals surface area contributed by atoms with Crippen LogP contribution < -0.4 is 5.32 Å². The van der Waals surface area contributed by atoms with Crippen molar-refractivity contribution < 1.29 is 4.79 Å². The van der Waals surface area contributed by atoms with E-state index in [-0.39, 0.29) is 11.9 Å². The SMILES string of the molecule is O=C1NC(C2CCC2)c2c(Br)cccc21. The van der Waals surface area contributed by atoms with E-state index in [2.05, 4.69) is 21.2 Å². The number of rotatable bonds is 1. The standard InChI is InChI=1S/C12H12BrNO/c13-9-6-2-5-8-10(9)11(14-12(8)15)7-3-1-4-7/h2,5-7,11H,1,3-4H2,(H,14,15). The predicted octanol–water partition coefficient (Wildman–Crippen LogP) is 3.03. The first kappa shape index (κ1) is 9.40. The molecule has 1 heterocycles. The molecule has 1 N–H and O–H groups in total. The van der Waals surface area contributed by atoms with Gasteiger partial charge in [-0.2, -0.15) is 0 Å². The van der Waals surface area contributed by atoms with Crippen molar-refractivity contribution in [3.8, 4) is 0 Å². The van der Waals surface area contributed by atoms with Crippen LogP contribution in [0.1, 0.15) is 41.2 Å². The summed E-state index contributed by atoms with van der Waals surface area (Å²) in [6, 6.07) is 6.10. The number of fused-ring (bicyclic) bond motifs is 1. The Kier molecular flexibility index (Phi) is 2.09. The topological polar surface area (TPSA) is 29.1 Å². The minimum Gasteiger partial charge on any atom is -0.345 e. The highest BCUT2D eigenvalue weighted by atomic mass is 79.9. The first-order chi connectivity index (χ1) is 7.27.